The highest BCUT2D eigenvalue weighted by Gasteiger charge is 2.08. The van der Waals surface area contributed by atoms with Crippen molar-refractivity contribution in [2.45, 2.75) is 19.9 Å². The molecule has 2 nitrogen and oxygen atoms in total. The monoisotopic (exact) mass is 127 g/mol. The van der Waals surface area contributed by atoms with Gasteiger partial charge < -0.3 is 0 Å². The van der Waals surface area contributed by atoms with E-state index >= 15 is 0 Å². The molecule has 0 aromatic carbocycles. The van der Waals surface area contributed by atoms with E-state index in [1.54, 1.807) is 0 Å². The van der Waals surface area contributed by atoms with Gasteiger partial charge in [-0.05, 0) is 13.8 Å². The first-order chi connectivity index (χ1) is 4.30. The fourth-order valence-electron chi connectivity index (χ4n) is 0.798. The standard InChI is InChI=1S/C7H13NO/c1-7(2)8-5-3-4-6-9-8/h3-4,7H,5-6H2,1-2H3. The highest BCUT2D eigenvalue weighted by molar-refractivity contribution is 4.86. The largest absolute Gasteiger partial charge is 0.294 e. The maximum Gasteiger partial charge on any atom is 0.0867 e. The van der Waals surface area contributed by atoms with E-state index < -0.39 is 0 Å². The Morgan fingerprint density at radius 2 is 2.22 bits per heavy atom. The van der Waals surface area contributed by atoms with E-state index in [9.17, 15) is 0 Å². The molecule has 1 aliphatic rings. The summed E-state index contributed by atoms with van der Waals surface area (Å²) >= 11 is 0. The van der Waals surface area contributed by atoms with Gasteiger partial charge in [0.15, 0.2) is 0 Å². The normalized spacial score (nSPS) is 21.2. The minimum atomic E-state index is 0.495. The van der Waals surface area contributed by atoms with Crippen LogP contribution in [0.3, 0.4) is 0 Å². The molecule has 0 radical (unpaired) electrons. The number of rotatable bonds is 1. The molecule has 0 amide bonds. The third-order valence-electron chi connectivity index (χ3n) is 1.36. The lowest BCUT2D eigenvalue weighted by Gasteiger charge is -2.25. The molecule has 0 aromatic rings. The van der Waals surface area contributed by atoms with E-state index in [4.69, 9.17) is 4.84 Å². The molecule has 9 heavy (non-hydrogen) atoms. The van der Waals surface area contributed by atoms with Crippen LogP contribution in [0.5, 0.6) is 0 Å². The smallest absolute Gasteiger partial charge is 0.0867 e. The molecule has 2 heteroatoms. The molecule has 52 valence electrons. The molecule has 0 unspecified atom stereocenters. The highest BCUT2D eigenvalue weighted by Crippen LogP contribution is 2.02. The van der Waals surface area contributed by atoms with Crippen molar-refractivity contribution in [3.63, 3.8) is 0 Å². The Kier molecular flexibility index (Phi) is 2.25. The topological polar surface area (TPSA) is 12.5 Å². The van der Waals surface area contributed by atoms with Crippen molar-refractivity contribution in [2.75, 3.05) is 13.2 Å². The van der Waals surface area contributed by atoms with Gasteiger partial charge in [0, 0.05) is 12.6 Å². The van der Waals surface area contributed by atoms with Crippen LogP contribution in [-0.4, -0.2) is 24.3 Å². The van der Waals surface area contributed by atoms with Crippen molar-refractivity contribution >= 4 is 0 Å². The van der Waals surface area contributed by atoms with Crippen molar-refractivity contribution in [3.8, 4) is 0 Å². The number of hydroxylamine groups is 2. The summed E-state index contributed by atoms with van der Waals surface area (Å²) in [6.45, 7) is 5.91. The van der Waals surface area contributed by atoms with Crippen LogP contribution in [0.1, 0.15) is 13.8 Å². The van der Waals surface area contributed by atoms with Gasteiger partial charge in [-0.1, -0.05) is 12.2 Å². The summed E-state index contributed by atoms with van der Waals surface area (Å²) in [4.78, 5) is 5.29. The molecule has 0 atom stereocenters. The third kappa shape index (κ3) is 1.80. The van der Waals surface area contributed by atoms with Gasteiger partial charge in [-0.3, -0.25) is 4.84 Å². The fraction of sp³-hybridized carbons (Fsp3) is 0.714. The van der Waals surface area contributed by atoms with Crippen LogP contribution in [0.2, 0.25) is 0 Å². The SMILES string of the molecule is CC(C)N1CC=CCO1. The maximum atomic E-state index is 5.29. The third-order valence-corrected chi connectivity index (χ3v) is 1.36. The van der Waals surface area contributed by atoms with E-state index in [1.807, 2.05) is 11.1 Å². The maximum absolute atomic E-state index is 5.29. The van der Waals surface area contributed by atoms with Crippen LogP contribution in [-0.2, 0) is 4.84 Å². The Labute approximate surface area is 56.1 Å². The summed E-state index contributed by atoms with van der Waals surface area (Å²) in [6, 6.07) is 0.495. The minimum Gasteiger partial charge on any atom is -0.294 e. The Morgan fingerprint density at radius 1 is 1.44 bits per heavy atom. The summed E-state index contributed by atoms with van der Waals surface area (Å²) in [5.41, 5.74) is 0. The van der Waals surface area contributed by atoms with Gasteiger partial charge in [-0.2, -0.15) is 5.06 Å². The molecule has 1 rings (SSSR count). The predicted octanol–water partition coefficient (Wildman–Crippen LogP) is 1.20. The highest BCUT2D eigenvalue weighted by atomic mass is 16.7. The van der Waals surface area contributed by atoms with Crippen molar-refractivity contribution in [1.29, 1.82) is 0 Å². The van der Waals surface area contributed by atoms with E-state index in [0.29, 0.717) is 6.04 Å². The molecule has 0 saturated heterocycles. The molecular formula is C7H13NO. The molecule has 0 aliphatic carbocycles. The second-order valence-electron chi connectivity index (χ2n) is 2.46. The average Bonchev–Trinajstić information content (AvgIpc) is 1.90. The Bertz CT molecular complexity index is 109. The molecule has 1 heterocycles. The number of hydrogen-bond donors (Lipinski definition) is 0. The van der Waals surface area contributed by atoms with Gasteiger partial charge in [0.25, 0.3) is 0 Å². The van der Waals surface area contributed by atoms with E-state index in [0.717, 1.165) is 13.2 Å². The quantitative estimate of drug-likeness (QED) is 0.491. The van der Waals surface area contributed by atoms with Crippen molar-refractivity contribution < 1.29 is 4.84 Å². The summed E-state index contributed by atoms with van der Waals surface area (Å²) in [6.07, 6.45) is 4.17. The van der Waals surface area contributed by atoms with Crippen molar-refractivity contribution in [3.05, 3.63) is 12.2 Å². The van der Waals surface area contributed by atoms with E-state index in [2.05, 4.69) is 19.9 Å². The zero-order valence-corrected chi connectivity index (χ0v) is 6.00. The first-order valence-corrected chi connectivity index (χ1v) is 3.35. The lowest BCUT2D eigenvalue weighted by atomic mass is 10.3. The Balaban J connectivity index is 2.35. The lowest BCUT2D eigenvalue weighted by molar-refractivity contribution is -0.167. The van der Waals surface area contributed by atoms with Gasteiger partial charge in [0.1, 0.15) is 0 Å². The average molecular weight is 127 g/mol. The van der Waals surface area contributed by atoms with Gasteiger partial charge in [0.05, 0.1) is 6.61 Å². The molecule has 0 spiro atoms. The van der Waals surface area contributed by atoms with Gasteiger partial charge in [-0.15, -0.1) is 0 Å². The summed E-state index contributed by atoms with van der Waals surface area (Å²) in [5, 5.41) is 1.97. The summed E-state index contributed by atoms with van der Waals surface area (Å²) in [5.74, 6) is 0. The Morgan fingerprint density at radius 3 is 2.56 bits per heavy atom. The molecule has 1 aliphatic heterocycles. The van der Waals surface area contributed by atoms with Gasteiger partial charge >= 0.3 is 0 Å². The zero-order chi connectivity index (χ0) is 6.69. The van der Waals surface area contributed by atoms with Crippen molar-refractivity contribution in [1.82, 2.24) is 5.06 Å². The van der Waals surface area contributed by atoms with Gasteiger partial charge in [-0.25, -0.2) is 0 Å². The van der Waals surface area contributed by atoms with Crippen LogP contribution in [0.15, 0.2) is 12.2 Å². The molecule has 0 bridgehead atoms. The molecule has 0 fully saturated rings. The van der Waals surface area contributed by atoms with Crippen LogP contribution in [0.4, 0.5) is 0 Å². The number of nitrogens with zero attached hydrogens (tertiary/aromatic N) is 1. The zero-order valence-electron chi connectivity index (χ0n) is 6.00. The van der Waals surface area contributed by atoms with Crippen LogP contribution in [0, 0.1) is 0 Å². The number of hydrogen-bond acceptors (Lipinski definition) is 2. The molecular weight excluding hydrogens is 114 g/mol. The summed E-state index contributed by atoms with van der Waals surface area (Å²) < 4.78 is 0. The van der Waals surface area contributed by atoms with E-state index in [-0.39, 0.29) is 0 Å². The molecule has 0 N–H and O–H groups in total. The fourth-order valence-corrected chi connectivity index (χ4v) is 0.798. The lowest BCUT2D eigenvalue weighted by Crippen LogP contribution is -2.33. The first kappa shape index (κ1) is 6.78. The van der Waals surface area contributed by atoms with Crippen LogP contribution >= 0.6 is 0 Å². The van der Waals surface area contributed by atoms with Crippen molar-refractivity contribution in [2.24, 2.45) is 0 Å². The second-order valence-corrected chi connectivity index (χ2v) is 2.46. The second kappa shape index (κ2) is 2.99. The van der Waals surface area contributed by atoms with Crippen LogP contribution < -0.4 is 0 Å². The van der Waals surface area contributed by atoms with E-state index in [1.165, 1.54) is 0 Å². The van der Waals surface area contributed by atoms with Gasteiger partial charge in [0.2, 0.25) is 0 Å². The molecule has 0 saturated carbocycles. The van der Waals surface area contributed by atoms with Crippen LogP contribution in [0.25, 0.3) is 0 Å². The Hall–Kier alpha value is -0.340. The first-order valence-electron chi connectivity index (χ1n) is 3.35. The minimum absolute atomic E-state index is 0.495. The predicted molar refractivity (Wildman–Crippen MR) is 36.9 cm³/mol. The summed E-state index contributed by atoms with van der Waals surface area (Å²) in [7, 11) is 0. The molecule has 0 aromatic heterocycles.